The zero-order valence-electron chi connectivity index (χ0n) is 10.3. The van der Waals surface area contributed by atoms with Crippen LogP contribution in [0, 0.1) is 6.92 Å². The summed E-state index contributed by atoms with van der Waals surface area (Å²) >= 11 is 1.62. The van der Waals surface area contributed by atoms with Gasteiger partial charge in [-0.3, -0.25) is 0 Å². The predicted molar refractivity (Wildman–Crippen MR) is 73.5 cm³/mol. The van der Waals surface area contributed by atoms with Gasteiger partial charge in [0.15, 0.2) is 0 Å². The first-order chi connectivity index (χ1) is 8.56. The predicted octanol–water partition coefficient (Wildman–Crippen LogP) is 2.18. The van der Waals surface area contributed by atoms with Gasteiger partial charge in [0, 0.05) is 12.3 Å². The van der Waals surface area contributed by atoms with E-state index in [2.05, 4.69) is 10.6 Å². The van der Waals surface area contributed by atoms with Gasteiger partial charge in [-0.15, -0.1) is 0 Å². The number of nitrogens with one attached hydrogen (secondary N) is 2. The minimum Gasteiger partial charge on any atom is -0.478 e. The third kappa shape index (κ3) is 3.96. The lowest BCUT2D eigenvalue weighted by atomic mass is 10.1. The third-order valence-electron chi connectivity index (χ3n) is 2.33. The highest BCUT2D eigenvalue weighted by Crippen LogP contribution is 2.20. The molecule has 0 fully saturated rings. The minimum atomic E-state index is -1.06. The monoisotopic (exact) mass is 268 g/mol. The van der Waals surface area contributed by atoms with Crippen molar-refractivity contribution in [1.82, 2.24) is 5.32 Å². The van der Waals surface area contributed by atoms with Gasteiger partial charge < -0.3 is 15.7 Å². The molecular weight excluding hydrogens is 252 g/mol. The first kappa shape index (κ1) is 14.4. The van der Waals surface area contributed by atoms with Gasteiger partial charge in [-0.25, -0.2) is 9.59 Å². The number of carboxylic acids is 1. The average Bonchev–Trinajstić information content (AvgIpc) is 2.31. The molecular formula is C12H16N2O3S. The molecule has 6 heteroatoms. The number of rotatable bonds is 5. The van der Waals surface area contributed by atoms with Gasteiger partial charge in [-0.05, 0) is 24.8 Å². The first-order valence-electron chi connectivity index (χ1n) is 5.43. The summed E-state index contributed by atoms with van der Waals surface area (Å²) in [6.07, 6.45) is 1.95. The van der Waals surface area contributed by atoms with Crippen LogP contribution in [-0.4, -0.2) is 35.7 Å². The molecule has 0 aliphatic heterocycles. The van der Waals surface area contributed by atoms with Crippen LogP contribution in [-0.2, 0) is 0 Å². The number of hydrogen-bond donors (Lipinski definition) is 3. The largest absolute Gasteiger partial charge is 0.478 e. The zero-order chi connectivity index (χ0) is 13.5. The maximum absolute atomic E-state index is 11.6. The average molecular weight is 268 g/mol. The van der Waals surface area contributed by atoms with Crippen molar-refractivity contribution in [2.75, 3.05) is 23.9 Å². The van der Waals surface area contributed by atoms with Crippen molar-refractivity contribution in [2.24, 2.45) is 0 Å². The molecule has 1 aromatic carbocycles. The Labute approximate surface area is 110 Å². The molecule has 18 heavy (non-hydrogen) atoms. The first-order valence-corrected chi connectivity index (χ1v) is 6.82. The second-order valence-electron chi connectivity index (χ2n) is 3.68. The molecule has 0 aromatic heterocycles. The number of aryl methyl sites for hydroxylation is 1. The molecule has 1 aromatic rings. The molecule has 0 heterocycles. The Morgan fingerprint density at radius 3 is 2.72 bits per heavy atom. The van der Waals surface area contributed by atoms with E-state index in [9.17, 15) is 9.59 Å². The number of carbonyl (C=O) groups is 2. The number of carbonyl (C=O) groups excluding carboxylic acids is 1. The summed E-state index contributed by atoms with van der Waals surface area (Å²) < 4.78 is 0. The van der Waals surface area contributed by atoms with E-state index in [4.69, 9.17) is 5.11 Å². The van der Waals surface area contributed by atoms with Crippen LogP contribution in [0.2, 0.25) is 0 Å². The maximum atomic E-state index is 11.6. The fourth-order valence-electron chi connectivity index (χ4n) is 1.44. The quantitative estimate of drug-likeness (QED) is 0.715. The molecule has 0 aliphatic rings. The van der Waals surface area contributed by atoms with Crippen LogP contribution in [0.1, 0.15) is 15.9 Å². The third-order valence-corrected chi connectivity index (χ3v) is 2.95. The van der Waals surface area contributed by atoms with Crippen molar-refractivity contribution in [1.29, 1.82) is 0 Å². The standard InChI is InChI=1S/C12H16N2O3S/c1-8-4-3-5-9(11(15)16)10(8)14-12(17)13-6-7-18-2/h3-5H,6-7H2,1-2H3,(H,15,16)(H2,13,14,17). The van der Waals surface area contributed by atoms with Gasteiger partial charge in [-0.1, -0.05) is 12.1 Å². The van der Waals surface area contributed by atoms with E-state index >= 15 is 0 Å². The summed E-state index contributed by atoms with van der Waals surface area (Å²) in [6.45, 7) is 2.30. The van der Waals surface area contributed by atoms with Gasteiger partial charge in [0.2, 0.25) is 0 Å². The van der Waals surface area contributed by atoms with Crippen LogP contribution in [0.4, 0.5) is 10.5 Å². The normalized spacial score (nSPS) is 9.89. The van der Waals surface area contributed by atoms with E-state index < -0.39 is 5.97 Å². The second kappa shape index (κ2) is 6.90. The number of carboxylic acid groups (broad SMARTS) is 1. The molecule has 5 nitrogen and oxygen atoms in total. The summed E-state index contributed by atoms with van der Waals surface area (Å²) in [5.74, 6) is -0.245. The molecule has 0 radical (unpaired) electrons. The smallest absolute Gasteiger partial charge is 0.337 e. The van der Waals surface area contributed by atoms with E-state index in [1.807, 2.05) is 6.26 Å². The summed E-state index contributed by atoms with van der Waals surface area (Å²) in [4.78, 5) is 22.6. The van der Waals surface area contributed by atoms with Gasteiger partial charge in [-0.2, -0.15) is 11.8 Å². The lowest BCUT2D eigenvalue weighted by Crippen LogP contribution is -2.31. The maximum Gasteiger partial charge on any atom is 0.337 e. The highest BCUT2D eigenvalue weighted by atomic mass is 32.2. The summed E-state index contributed by atoms with van der Waals surface area (Å²) in [5, 5.41) is 14.3. The van der Waals surface area contributed by atoms with E-state index in [1.165, 1.54) is 6.07 Å². The molecule has 3 N–H and O–H groups in total. The highest BCUT2D eigenvalue weighted by molar-refractivity contribution is 7.98. The Morgan fingerprint density at radius 2 is 2.11 bits per heavy atom. The van der Waals surface area contributed by atoms with Gasteiger partial charge >= 0.3 is 12.0 Å². The molecule has 0 saturated heterocycles. The molecule has 2 amide bonds. The van der Waals surface area contributed by atoms with Gasteiger partial charge in [0.05, 0.1) is 11.3 Å². The van der Waals surface area contributed by atoms with E-state index in [1.54, 1.807) is 30.8 Å². The Hall–Kier alpha value is -1.69. The Bertz CT molecular complexity index is 449. The molecule has 0 unspecified atom stereocenters. The van der Waals surface area contributed by atoms with Crippen LogP contribution >= 0.6 is 11.8 Å². The van der Waals surface area contributed by atoms with Crippen molar-refractivity contribution in [2.45, 2.75) is 6.92 Å². The lowest BCUT2D eigenvalue weighted by molar-refractivity contribution is 0.0698. The molecule has 0 atom stereocenters. The number of benzene rings is 1. The molecule has 0 saturated carbocycles. The number of anilines is 1. The summed E-state index contributed by atoms with van der Waals surface area (Å²) in [7, 11) is 0. The lowest BCUT2D eigenvalue weighted by Gasteiger charge is -2.12. The molecule has 98 valence electrons. The fourth-order valence-corrected chi connectivity index (χ4v) is 1.74. The van der Waals surface area contributed by atoms with Crippen molar-refractivity contribution in [3.63, 3.8) is 0 Å². The van der Waals surface area contributed by atoms with E-state index in [0.29, 0.717) is 12.2 Å². The second-order valence-corrected chi connectivity index (χ2v) is 4.66. The Morgan fingerprint density at radius 1 is 1.39 bits per heavy atom. The number of amides is 2. The van der Waals surface area contributed by atoms with Crippen LogP contribution in [0.15, 0.2) is 18.2 Å². The summed E-state index contributed by atoms with van der Waals surface area (Å²) in [6, 6.07) is 4.48. The van der Waals surface area contributed by atoms with Crippen molar-refractivity contribution >= 4 is 29.4 Å². The van der Waals surface area contributed by atoms with Gasteiger partial charge in [0.1, 0.15) is 0 Å². The van der Waals surface area contributed by atoms with Crippen LogP contribution in [0.3, 0.4) is 0 Å². The van der Waals surface area contributed by atoms with E-state index in [-0.39, 0.29) is 11.6 Å². The van der Waals surface area contributed by atoms with Crippen LogP contribution in [0.25, 0.3) is 0 Å². The topological polar surface area (TPSA) is 78.4 Å². The molecule has 1 rings (SSSR count). The number of aromatic carboxylic acids is 1. The number of urea groups is 1. The van der Waals surface area contributed by atoms with Crippen molar-refractivity contribution in [3.8, 4) is 0 Å². The zero-order valence-corrected chi connectivity index (χ0v) is 11.1. The Balaban J connectivity index is 2.77. The van der Waals surface area contributed by atoms with E-state index in [0.717, 1.165) is 11.3 Å². The van der Waals surface area contributed by atoms with Gasteiger partial charge in [0.25, 0.3) is 0 Å². The molecule has 0 spiro atoms. The number of para-hydroxylation sites is 1. The molecule has 0 aliphatic carbocycles. The SMILES string of the molecule is CSCCNC(=O)Nc1c(C)cccc1C(=O)O. The number of hydrogen-bond acceptors (Lipinski definition) is 3. The molecule has 0 bridgehead atoms. The number of thioether (sulfide) groups is 1. The van der Waals surface area contributed by atoms with Crippen molar-refractivity contribution < 1.29 is 14.7 Å². The van der Waals surface area contributed by atoms with Crippen molar-refractivity contribution in [3.05, 3.63) is 29.3 Å². The fraction of sp³-hybridized carbons (Fsp3) is 0.333. The Kier molecular flexibility index (Phi) is 5.51. The summed E-state index contributed by atoms with van der Waals surface area (Å²) in [5.41, 5.74) is 1.15. The minimum absolute atomic E-state index is 0.0926. The van der Waals surface area contributed by atoms with Crippen LogP contribution < -0.4 is 10.6 Å². The van der Waals surface area contributed by atoms with Crippen LogP contribution in [0.5, 0.6) is 0 Å². The highest BCUT2D eigenvalue weighted by Gasteiger charge is 2.13.